The summed E-state index contributed by atoms with van der Waals surface area (Å²) in [5, 5.41) is 4.32. The van der Waals surface area contributed by atoms with Crippen LogP contribution in [-0.4, -0.2) is 49.7 Å². The van der Waals surface area contributed by atoms with Crippen LogP contribution in [-0.2, 0) is 6.54 Å². The van der Waals surface area contributed by atoms with Crippen molar-refractivity contribution in [2.75, 3.05) is 50.1 Å². The number of fused-ring (bicyclic) bond motifs is 1. The molecular weight excluding hydrogens is 364 g/mol. The number of aromatic nitrogens is 1. The van der Waals surface area contributed by atoms with Gasteiger partial charge in [0, 0.05) is 60.6 Å². The van der Waals surface area contributed by atoms with Gasteiger partial charge in [-0.3, -0.25) is 4.79 Å². The molecule has 0 atom stereocenters. The Labute approximate surface area is 171 Å². The zero-order valence-electron chi connectivity index (χ0n) is 17.1. The number of likely N-dealkylation sites (N-methyl/N-ethyl adjacent to an activating group) is 1. The first-order valence-corrected chi connectivity index (χ1v) is 10.2. The largest absolute Gasteiger partial charge is 0.497 e. The van der Waals surface area contributed by atoms with Crippen molar-refractivity contribution in [2.45, 2.75) is 13.5 Å². The average Bonchev–Trinajstić information content (AvgIpc) is 2.78. The van der Waals surface area contributed by atoms with Crippen LogP contribution in [0.4, 0.5) is 11.4 Å². The maximum atomic E-state index is 12.4. The fourth-order valence-electron chi connectivity index (χ4n) is 3.80. The molecule has 0 aliphatic carbocycles. The number of ether oxygens (including phenoxy) is 1. The minimum Gasteiger partial charge on any atom is -0.497 e. The lowest BCUT2D eigenvalue weighted by Gasteiger charge is -2.35. The molecule has 29 heavy (non-hydrogen) atoms. The summed E-state index contributed by atoms with van der Waals surface area (Å²) < 4.78 is 5.28. The Hall–Kier alpha value is -2.99. The molecule has 1 saturated heterocycles. The van der Waals surface area contributed by atoms with Crippen molar-refractivity contribution in [3.63, 3.8) is 0 Å². The number of benzene rings is 2. The van der Waals surface area contributed by atoms with Gasteiger partial charge in [-0.1, -0.05) is 6.92 Å². The quantitative estimate of drug-likeness (QED) is 0.674. The van der Waals surface area contributed by atoms with Gasteiger partial charge in [0.25, 0.3) is 5.56 Å². The number of aromatic amines is 1. The summed E-state index contributed by atoms with van der Waals surface area (Å²) in [6, 6.07) is 16.0. The molecule has 0 radical (unpaired) electrons. The van der Waals surface area contributed by atoms with Gasteiger partial charge in [-0.25, -0.2) is 0 Å². The lowest BCUT2D eigenvalue weighted by Crippen LogP contribution is -2.46. The topological polar surface area (TPSA) is 60.6 Å². The van der Waals surface area contributed by atoms with E-state index in [2.05, 4.69) is 51.3 Å². The number of methoxy groups -OCH3 is 1. The van der Waals surface area contributed by atoms with Gasteiger partial charge < -0.3 is 24.8 Å². The lowest BCUT2D eigenvalue weighted by atomic mass is 10.1. The molecule has 2 aromatic carbocycles. The van der Waals surface area contributed by atoms with Crippen LogP contribution in [0.3, 0.4) is 0 Å². The van der Waals surface area contributed by atoms with Crippen LogP contribution in [0, 0.1) is 0 Å². The van der Waals surface area contributed by atoms with Gasteiger partial charge in [-0.2, -0.15) is 0 Å². The van der Waals surface area contributed by atoms with Crippen LogP contribution in [0.15, 0.2) is 53.3 Å². The van der Waals surface area contributed by atoms with Crippen molar-refractivity contribution < 1.29 is 4.74 Å². The third-order valence-corrected chi connectivity index (χ3v) is 5.66. The summed E-state index contributed by atoms with van der Waals surface area (Å²) in [6.07, 6.45) is 0. The van der Waals surface area contributed by atoms with E-state index in [9.17, 15) is 4.79 Å². The fourth-order valence-corrected chi connectivity index (χ4v) is 3.80. The van der Waals surface area contributed by atoms with Crippen LogP contribution in [0.5, 0.6) is 5.75 Å². The van der Waals surface area contributed by atoms with Crippen molar-refractivity contribution in [1.82, 2.24) is 9.88 Å². The molecule has 1 aliphatic rings. The highest BCUT2D eigenvalue weighted by atomic mass is 16.5. The first kappa shape index (κ1) is 19.3. The van der Waals surface area contributed by atoms with E-state index in [1.807, 2.05) is 24.3 Å². The number of hydrogen-bond acceptors (Lipinski definition) is 5. The highest BCUT2D eigenvalue weighted by Crippen LogP contribution is 2.21. The molecule has 1 fully saturated rings. The molecule has 0 unspecified atom stereocenters. The van der Waals surface area contributed by atoms with E-state index in [0.717, 1.165) is 55.1 Å². The Morgan fingerprint density at radius 3 is 2.48 bits per heavy atom. The molecule has 4 rings (SSSR count). The first-order chi connectivity index (χ1) is 14.2. The van der Waals surface area contributed by atoms with Gasteiger partial charge in [0.15, 0.2) is 0 Å². The smallest absolute Gasteiger partial charge is 0.253 e. The Morgan fingerprint density at radius 2 is 1.79 bits per heavy atom. The summed E-state index contributed by atoms with van der Waals surface area (Å²) in [7, 11) is 1.64. The minimum atomic E-state index is -0.0689. The molecule has 2 N–H and O–H groups in total. The predicted molar refractivity (Wildman–Crippen MR) is 119 cm³/mol. The van der Waals surface area contributed by atoms with E-state index >= 15 is 0 Å². The summed E-state index contributed by atoms with van der Waals surface area (Å²) in [5.74, 6) is 0.777. The Morgan fingerprint density at radius 1 is 1.03 bits per heavy atom. The van der Waals surface area contributed by atoms with Gasteiger partial charge in [0.2, 0.25) is 0 Å². The highest BCUT2D eigenvalue weighted by Gasteiger charge is 2.15. The number of nitrogens with one attached hydrogen (secondary N) is 2. The zero-order chi connectivity index (χ0) is 20.2. The molecule has 0 bridgehead atoms. The second-order valence-corrected chi connectivity index (χ2v) is 7.40. The van der Waals surface area contributed by atoms with Crippen LogP contribution in [0.25, 0.3) is 10.9 Å². The number of anilines is 2. The maximum absolute atomic E-state index is 12.4. The molecule has 0 spiro atoms. The molecule has 6 nitrogen and oxygen atoms in total. The average molecular weight is 393 g/mol. The monoisotopic (exact) mass is 392 g/mol. The third kappa shape index (κ3) is 4.38. The molecule has 0 saturated carbocycles. The van der Waals surface area contributed by atoms with Gasteiger partial charge in [0.05, 0.1) is 7.11 Å². The SMILES string of the molecule is CCN1CCN(c2ccc(NCc3cc4cc(OC)ccc4[nH]c3=O)cc2)CC1. The van der Waals surface area contributed by atoms with E-state index in [0.29, 0.717) is 12.1 Å². The summed E-state index contributed by atoms with van der Waals surface area (Å²) in [4.78, 5) is 20.2. The molecule has 1 aromatic heterocycles. The summed E-state index contributed by atoms with van der Waals surface area (Å²) in [6.45, 7) is 8.17. The normalized spacial score (nSPS) is 14.9. The van der Waals surface area contributed by atoms with E-state index < -0.39 is 0 Å². The number of piperazine rings is 1. The maximum Gasteiger partial charge on any atom is 0.253 e. The number of rotatable bonds is 6. The molecular formula is C23H28N4O2. The number of pyridine rings is 1. The van der Waals surface area contributed by atoms with E-state index in [1.165, 1.54) is 5.69 Å². The van der Waals surface area contributed by atoms with Gasteiger partial charge in [-0.15, -0.1) is 0 Å². The molecule has 0 amide bonds. The van der Waals surface area contributed by atoms with E-state index in [1.54, 1.807) is 7.11 Å². The highest BCUT2D eigenvalue weighted by molar-refractivity contribution is 5.80. The number of nitrogens with zero attached hydrogens (tertiary/aromatic N) is 2. The molecule has 3 aromatic rings. The summed E-state index contributed by atoms with van der Waals surface area (Å²) >= 11 is 0. The fraction of sp³-hybridized carbons (Fsp3) is 0.348. The Bertz CT molecular complexity index is 1020. The van der Waals surface area contributed by atoms with Gasteiger partial charge in [0.1, 0.15) is 5.75 Å². The van der Waals surface area contributed by atoms with Crippen molar-refractivity contribution in [2.24, 2.45) is 0 Å². The Kier molecular flexibility index (Phi) is 5.71. The number of hydrogen-bond donors (Lipinski definition) is 2. The minimum absolute atomic E-state index is 0.0689. The van der Waals surface area contributed by atoms with Crippen molar-refractivity contribution in [3.8, 4) is 5.75 Å². The Balaban J connectivity index is 1.42. The first-order valence-electron chi connectivity index (χ1n) is 10.2. The summed E-state index contributed by atoms with van der Waals surface area (Å²) in [5.41, 5.74) is 3.70. The third-order valence-electron chi connectivity index (χ3n) is 5.66. The van der Waals surface area contributed by atoms with Crippen molar-refractivity contribution >= 4 is 22.3 Å². The van der Waals surface area contributed by atoms with E-state index in [-0.39, 0.29) is 5.56 Å². The van der Waals surface area contributed by atoms with Gasteiger partial charge >= 0.3 is 0 Å². The standard InChI is InChI=1S/C23H28N4O2/c1-3-26-10-12-27(13-11-26)20-6-4-19(5-7-20)24-16-18-14-17-15-21(29-2)8-9-22(17)25-23(18)28/h4-9,14-15,24H,3,10-13,16H2,1-2H3,(H,25,28). The molecule has 152 valence electrons. The molecule has 6 heteroatoms. The second-order valence-electron chi connectivity index (χ2n) is 7.40. The lowest BCUT2D eigenvalue weighted by molar-refractivity contribution is 0.271. The van der Waals surface area contributed by atoms with Gasteiger partial charge in [-0.05, 0) is 55.1 Å². The van der Waals surface area contributed by atoms with Crippen LogP contribution < -0.4 is 20.5 Å². The molecule has 1 aliphatic heterocycles. The van der Waals surface area contributed by atoms with Crippen LogP contribution in [0.2, 0.25) is 0 Å². The van der Waals surface area contributed by atoms with E-state index in [4.69, 9.17) is 4.74 Å². The second kappa shape index (κ2) is 8.57. The van der Waals surface area contributed by atoms with Crippen LogP contribution >= 0.6 is 0 Å². The number of H-pyrrole nitrogens is 1. The molecule has 2 heterocycles. The van der Waals surface area contributed by atoms with Crippen molar-refractivity contribution in [1.29, 1.82) is 0 Å². The predicted octanol–water partition coefficient (Wildman–Crippen LogP) is 3.29. The van der Waals surface area contributed by atoms with Crippen LogP contribution in [0.1, 0.15) is 12.5 Å². The van der Waals surface area contributed by atoms with Crippen molar-refractivity contribution in [3.05, 3.63) is 64.4 Å². The zero-order valence-corrected chi connectivity index (χ0v) is 17.1.